The lowest BCUT2D eigenvalue weighted by Crippen LogP contribution is -2.39. The van der Waals surface area contributed by atoms with Crippen LogP contribution in [0.15, 0.2) is 37.0 Å². The number of Topliss-reactive ketones (excluding diaryl/α,β-unsaturated/α-hetero) is 1. The molecule has 118 valence electrons. The summed E-state index contributed by atoms with van der Waals surface area (Å²) in [4.78, 5) is 23.5. The van der Waals surface area contributed by atoms with Gasteiger partial charge in [0.2, 0.25) is 5.91 Å². The third-order valence-electron chi connectivity index (χ3n) is 3.16. The van der Waals surface area contributed by atoms with Crippen molar-refractivity contribution in [1.29, 1.82) is 0 Å². The highest BCUT2D eigenvalue weighted by molar-refractivity contribution is 5.87. The maximum absolute atomic E-state index is 11.9. The summed E-state index contributed by atoms with van der Waals surface area (Å²) in [6.45, 7) is 9.80. The summed E-state index contributed by atoms with van der Waals surface area (Å²) in [6.07, 6.45) is 8.90. The van der Waals surface area contributed by atoms with Crippen LogP contribution in [0.1, 0.15) is 39.0 Å². The van der Waals surface area contributed by atoms with Gasteiger partial charge in [0.25, 0.3) is 0 Å². The van der Waals surface area contributed by atoms with Crippen molar-refractivity contribution in [2.75, 3.05) is 13.6 Å². The Labute approximate surface area is 128 Å². The molecule has 1 amide bonds. The summed E-state index contributed by atoms with van der Waals surface area (Å²) in [5, 5.41) is 5.85. The molecule has 0 rings (SSSR count). The third-order valence-corrected chi connectivity index (χ3v) is 3.16. The first-order chi connectivity index (χ1) is 10.0. The van der Waals surface area contributed by atoms with Crippen LogP contribution in [-0.4, -0.2) is 31.3 Å². The molecular weight excluding hydrogens is 264 g/mol. The normalized spacial score (nSPS) is 12.6. The zero-order valence-electron chi connectivity index (χ0n) is 13.3. The second-order valence-electron chi connectivity index (χ2n) is 5.00. The Balaban J connectivity index is 4.41. The van der Waals surface area contributed by atoms with Crippen LogP contribution in [0.3, 0.4) is 0 Å². The van der Waals surface area contributed by atoms with Crippen molar-refractivity contribution < 1.29 is 9.59 Å². The molecule has 2 N–H and O–H groups in total. The van der Waals surface area contributed by atoms with Gasteiger partial charge in [-0.1, -0.05) is 24.8 Å². The molecule has 4 heteroatoms. The SMILES string of the molecule is C=CC/C=C(\C=C)CC(NC(=O)CCCCNC)C(C)=O. The number of carbonyl (C=O) groups is 2. The van der Waals surface area contributed by atoms with Crippen molar-refractivity contribution in [3.63, 3.8) is 0 Å². The van der Waals surface area contributed by atoms with Gasteiger partial charge in [-0.3, -0.25) is 9.59 Å². The molecule has 21 heavy (non-hydrogen) atoms. The quantitative estimate of drug-likeness (QED) is 0.330. The monoisotopic (exact) mass is 292 g/mol. The average Bonchev–Trinajstić information content (AvgIpc) is 2.46. The standard InChI is InChI=1S/C17H28N2O2/c1-5-7-10-15(6-2)13-16(14(3)20)19-17(21)11-8-9-12-18-4/h5-6,10,16,18H,1-2,7-9,11-13H2,3-4H3,(H,19,21)/b15-10+. The van der Waals surface area contributed by atoms with Crippen molar-refractivity contribution in [3.8, 4) is 0 Å². The lowest BCUT2D eigenvalue weighted by Gasteiger charge is -2.16. The van der Waals surface area contributed by atoms with E-state index >= 15 is 0 Å². The summed E-state index contributed by atoms with van der Waals surface area (Å²) in [5.41, 5.74) is 0.950. The van der Waals surface area contributed by atoms with Gasteiger partial charge in [0, 0.05) is 6.42 Å². The largest absolute Gasteiger partial charge is 0.346 e. The van der Waals surface area contributed by atoms with Gasteiger partial charge in [-0.25, -0.2) is 0 Å². The highest BCUT2D eigenvalue weighted by Gasteiger charge is 2.17. The first-order valence-corrected chi connectivity index (χ1v) is 7.41. The van der Waals surface area contributed by atoms with Crippen LogP contribution in [0.25, 0.3) is 0 Å². The van der Waals surface area contributed by atoms with Gasteiger partial charge in [0.15, 0.2) is 5.78 Å². The molecule has 0 aliphatic carbocycles. The van der Waals surface area contributed by atoms with Gasteiger partial charge in [0.1, 0.15) is 0 Å². The van der Waals surface area contributed by atoms with Crippen LogP contribution >= 0.6 is 0 Å². The topological polar surface area (TPSA) is 58.2 Å². The number of amides is 1. The van der Waals surface area contributed by atoms with Crippen LogP contribution in [-0.2, 0) is 9.59 Å². The molecule has 0 spiro atoms. The van der Waals surface area contributed by atoms with Gasteiger partial charge in [-0.05, 0) is 51.8 Å². The van der Waals surface area contributed by atoms with E-state index in [1.54, 1.807) is 12.2 Å². The number of hydrogen-bond acceptors (Lipinski definition) is 3. The van der Waals surface area contributed by atoms with Crippen molar-refractivity contribution in [3.05, 3.63) is 37.0 Å². The van der Waals surface area contributed by atoms with Crippen LogP contribution < -0.4 is 10.6 Å². The average molecular weight is 292 g/mol. The highest BCUT2D eigenvalue weighted by atomic mass is 16.2. The number of carbonyl (C=O) groups excluding carboxylic acids is 2. The first-order valence-electron chi connectivity index (χ1n) is 7.41. The number of nitrogens with one attached hydrogen (secondary N) is 2. The van der Waals surface area contributed by atoms with E-state index in [1.165, 1.54) is 6.92 Å². The Morgan fingerprint density at radius 2 is 1.95 bits per heavy atom. The third kappa shape index (κ3) is 9.79. The van der Waals surface area contributed by atoms with Crippen LogP contribution in [0.5, 0.6) is 0 Å². The summed E-state index contributed by atoms with van der Waals surface area (Å²) in [7, 11) is 1.89. The molecule has 0 fully saturated rings. The van der Waals surface area contributed by atoms with E-state index in [2.05, 4.69) is 23.8 Å². The molecule has 0 aliphatic rings. The molecular formula is C17H28N2O2. The van der Waals surface area contributed by atoms with Gasteiger partial charge >= 0.3 is 0 Å². The fourth-order valence-corrected chi connectivity index (χ4v) is 1.87. The fourth-order valence-electron chi connectivity index (χ4n) is 1.87. The van der Waals surface area contributed by atoms with E-state index in [4.69, 9.17) is 0 Å². The predicted octanol–water partition coefficient (Wildman–Crippen LogP) is 2.53. The molecule has 0 aromatic carbocycles. The van der Waals surface area contributed by atoms with Gasteiger partial charge in [-0.2, -0.15) is 0 Å². The van der Waals surface area contributed by atoms with Crippen molar-refractivity contribution in [2.45, 2.75) is 45.1 Å². The van der Waals surface area contributed by atoms with Crippen molar-refractivity contribution in [1.82, 2.24) is 10.6 Å². The zero-order chi connectivity index (χ0) is 16.1. The Hall–Kier alpha value is -1.68. The van der Waals surface area contributed by atoms with Gasteiger partial charge in [-0.15, -0.1) is 6.58 Å². The Kier molecular flexibility index (Phi) is 11.1. The van der Waals surface area contributed by atoms with Crippen LogP contribution in [0.4, 0.5) is 0 Å². The van der Waals surface area contributed by atoms with E-state index in [9.17, 15) is 9.59 Å². The van der Waals surface area contributed by atoms with E-state index in [0.29, 0.717) is 12.8 Å². The highest BCUT2D eigenvalue weighted by Crippen LogP contribution is 2.10. The fraction of sp³-hybridized carbons (Fsp3) is 0.529. The molecule has 0 aliphatic heterocycles. The summed E-state index contributed by atoms with van der Waals surface area (Å²) in [6, 6.07) is -0.476. The molecule has 1 atom stereocenters. The van der Waals surface area contributed by atoms with Gasteiger partial charge < -0.3 is 10.6 Å². The maximum Gasteiger partial charge on any atom is 0.220 e. The predicted molar refractivity (Wildman–Crippen MR) is 88.1 cm³/mol. The minimum atomic E-state index is -0.476. The Morgan fingerprint density at radius 3 is 2.48 bits per heavy atom. The zero-order valence-corrected chi connectivity index (χ0v) is 13.3. The molecule has 0 bridgehead atoms. The number of hydrogen-bond donors (Lipinski definition) is 2. The smallest absolute Gasteiger partial charge is 0.220 e. The minimum absolute atomic E-state index is 0.0371. The van der Waals surface area contributed by atoms with Crippen molar-refractivity contribution in [2.24, 2.45) is 0 Å². The van der Waals surface area contributed by atoms with E-state index in [0.717, 1.165) is 31.4 Å². The number of rotatable bonds is 12. The van der Waals surface area contributed by atoms with Crippen LogP contribution in [0, 0.1) is 0 Å². The Bertz CT molecular complexity index is 386. The molecule has 0 aromatic heterocycles. The molecule has 0 heterocycles. The first kappa shape index (κ1) is 19.3. The summed E-state index contributed by atoms with van der Waals surface area (Å²) < 4.78 is 0. The van der Waals surface area contributed by atoms with Crippen molar-refractivity contribution >= 4 is 11.7 Å². The molecule has 0 saturated carbocycles. The molecule has 0 aromatic rings. The van der Waals surface area contributed by atoms with Gasteiger partial charge in [0.05, 0.1) is 6.04 Å². The number of unbranched alkanes of at least 4 members (excludes halogenated alkanes) is 1. The molecule has 1 unspecified atom stereocenters. The number of allylic oxidation sites excluding steroid dienone is 3. The molecule has 4 nitrogen and oxygen atoms in total. The number of ketones is 1. The molecule has 0 saturated heterocycles. The van der Waals surface area contributed by atoms with E-state index < -0.39 is 6.04 Å². The minimum Gasteiger partial charge on any atom is -0.346 e. The summed E-state index contributed by atoms with van der Waals surface area (Å²) in [5.74, 6) is -0.108. The second kappa shape index (κ2) is 12.1. The Morgan fingerprint density at radius 1 is 1.24 bits per heavy atom. The maximum atomic E-state index is 11.9. The lowest BCUT2D eigenvalue weighted by atomic mass is 10.0. The van der Waals surface area contributed by atoms with E-state index in [-0.39, 0.29) is 11.7 Å². The summed E-state index contributed by atoms with van der Waals surface area (Å²) >= 11 is 0. The second-order valence-corrected chi connectivity index (χ2v) is 5.00. The van der Waals surface area contributed by atoms with E-state index in [1.807, 2.05) is 13.1 Å². The lowest BCUT2D eigenvalue weighted by molar-refractivity contribution is -0.126. The van der Waals surface area contributed by atoms with Crippen LogP contribution in [0.2, 0.25) is 0 Å². The molecule has 0 radical (unpaired) electrons.